The number of ketones is 1. The van der Waals surface area contributed by atoms with Crippen molar-refractivity contribution < 1.29 is 9.90 Å². The molecule has 0 bridgehead atoms. The number of hydrogen-bond donors (Lipinski definition) is 1. The average Bonchev–Trinajstić information content (AvgIpc) is 2.19. The molecule has 2 rings (SSSR count). The molecule has 0 amide bonds. The number of benzene rings is 1. The predicted molar refractivity (Wildman–Crippen MR) is 59.3 cm³/mol. The number of nitrogens with zero attached hydrogens (tertiary/aromatic N) is 1. The number of aromatic hydroxyl groups is 1. The van der Waals surface area contributed by atoms with Gasteiger partial charge in [0.1, 0.15) is 5.69 Å². The van der Waals surface area contributed by atoms with Crippen molar-refractivity contribution in [3.8, 4) is 5.75 Å². The van der Waals surface area contributed by atoms with Crippen LogP contribution in [0.25, 0.3) is 0 Å². The monoisotopic (exact) mass is 203 g/mol. The van der Waals surface area contributed by atoms with Gasteiger partial charge in [0.25, 0.3) is 0 Å². The van der Waals surface area contributed by atoms with Crippen molar-refractivity contribution >= 4 is 17.7 Å². The lowest BCUT2D eigenvalue weighted by Gasteiger charge is -2.18. The van der Waals surface area contributed by atoms with Crippen molar-refractivity contribution in [2.24, 2.45) is 4.99 Å². The van der Waals surface area contributed by atoms with Gasteiger partial charge in [-0.05, 0) is 30.9 Å². The van der Waals surface area contributed by atoms with Crippen molar-refractivity contribution in [2.75, 3.05) is 0 Å². The number of phenolic OH excluding ortho intramolecular Hbond substituents is 1. The molecule has 1 aromatic rings. The molecular formula is C12H13NO2. The Kier molecular flexibility index (Phi) is 2.31. The average molecular weight is 203 g/mol. The van der Waals surface area contributed by atoms with Crippen LogP contribution in [0.3, 0.4) is 0 Å². The molecular weight excluding hydrogens is 190 g/mol. The van der Waals surface area contributed by atoms with Crippen LogP contribution in [0.1, 0.15) is 42.1 Å². The zero-order valence-electron chi connectivity index (χ0n) is 8.82. The highest BCUT2D eigenvalue weighted by Gasteiger charge is 2.20. The minimum Gasteiger partial charge on any atom is -0.505 e. The lowest BCUT2D eigenvalue weighted by Crippen LogP contribution is -2.02. The first-order valence-corrected chi connectivity index (χ1v) is 5.00. The maximum Gasteiger partial charge on any atom is 0.163 e. The predicted octanol–water partition coefficient (Wildman–Crippen LogP) is 2.80. The summed E-state index contributed by atoms with van der Waals surface area (Å²) in [4.78, 5) is 15.4. The molecule has 0 aromatic heterocycles. The fraction of sp³-hybridized carbons (Fsp3) is 0.333. The van der Waals surface area contributed by atoms with Gasteiger partial charge in [-0.1, -0.05) is 13.0 Å². The van der Waals surface area contributed by atoms with Crippen molar-refractivity contribution in [1.82, 2.24) is 0 Å². The summed E-state index contributed by atoms with van der Waals surface area (Å²) < 4.78 is 0. The lowest BCUT2D eigenvalue weighted by molar-refractivity contribution is 0.101. The van der Waals surface area contributed by atoms with E-state index in [4.69, 9.17) is 0 Å². The van der Waals surface area contributed by atoms with Crippen molar-refractivity contribution in [3.63, 3.8) is 0 Å². The Hall–Kier alpha value is -1.64. The molecule has 3 nitrogen and oxygen atoms in total. The van der Waals surface area contributed by atoms with Gasteiger partial charge in [-0.15, -0.1) is 0 Å². The third-order valence-electron chi connectivity index (χ3n) is 2.77. The molecule has 0 saturated heterocycles. The highest BCUT2D eigenvalue weighted by atomic mass is 16.3. The third-order valence-corrected chi connectivity index (χ3v) is 2.77. The normalized spacial score (nSPS) is 18.7. The smallest absolute Gasteiger partial charge is 0.163 e. The molecule has 0 spiro atoms. The highest BCUT2D eigenvalue weighted by molar-refractivity contribution is 5.99. The second kappa shape index (κ2) is 3.50. The van der Waals surface area contributed by atoms with E-state index in [2.05, 4.69) is 11.9 Å². The van der Waals surface area contributed by atoms with Crippen LogP contribution in [0.2, 0.25) is 0 Å². The minimum atomic E-state index is -0.135. The molecule has 1 atom stereocenters. The van der Waals surface area contributed by atoms with Gasteiger partial charge in [0.05, 0.1) is 5.56 Å². The molecule has 15 heavy (non-hydrogen) atoms. The van der Waals surface area contributed by atoms with Crippen LogP contribution in [0.5, 0.6) is 5.75 Å². The molecule has 3 heteroatoms. The number of phenols is 1. The van der Waals surface area contributed by atoms with Crippen LogP contribution >= 0.6 is 0 Å². The van der Waals surface area contributed by atoms with Crippen LogP contribution < -0.4 is 0 Å². The number of carbonyl (C=O) groups is 1. The summed E-state index contributed by atoms with van der Waals surface area (Å²) in [6, 6.07) is 3.56. The number of Topliss-reactive ketones (excluding diaryl/α,β-unsaturated/α-hetero) is 1. The number of hydrogen-bond acceptors (Lipinski definition) is 3. The molecule has 0 radical (unpaired) electrons. The Labute approximate surface area is 88.5 Å². The molecule has 0 fully saturated rings. The zero-order valence-corrected chi connectivity index (χ0v) is 8.82. The summed E-state index contributed by atoms with van der Waals surface area (Å²) in [6.07, 6.45) is 2.67. The molecule has 1 unspecified atom stereocenters. The van der Waals surface area contributed by atoms with E-state index >= 15 is 0 Å². The van der Waals surface area contributed by atoms with Gasteiger partial charge >= 0.3 is 0 Å². The van der Waals surface area contributed by atoms with Gasteiger partial charge in [-0.2, -0.15) is 0 Å². The first-order valence-electron chi connectivity index (χ1n) is 5.00. The van der Waals surface area contributed by atoms with Crippen LogP contribution in [-0.2, 0) is 0 Å². The largest absolute Gasteiger partial charge is 0.505 e. The standard InChI is InChI=1S/C12H13NO2/c1-7-5-6-13-11-9(7)3-4-10(8(2)14)12(11)15/h3-4,6-7,15H,5H2,1-2H3. The molecule has 1 N–H and O–H groups in total. The van der Waals surface area contributed by atoms with E-state index < -0.39 is 0 Å². The maximum absolute atomic E-state index is 11.2. The van der Waals surface area contributed by atoms with Crippen LogP contribution in [0, 0.1) is 0 Å². The minimum absolute atomic E-state index is 0.0165. The number of carbonyl (C=O) groups excluding carboxylic acids is 1. The Morgan fingerprint density at radius 2 is 2.27 bits per heavy atom. The zero-order chi connectivity index (χ0) is 11.0. The Bertz CT molecular complexity index is 449. The quantitative estimate of drug-likeness (QED) is 0.713. The maximum atomic E-state index is 11.2. The van der Waals surface area contributed by atoms with E-state index in [0.29, 0.717) is 17.2 Å². The first kappa shape index (κ1) is 9.90. The van der Waals surface area contributed by atoms with Gasteiger partial charge < -0.3 is 5.11 Å². The van der Waals surface area contributed by atoms with E-state index in [0.717, 1.165) is 12.0 Å². The summed E-state index contributed by atoms with van der Waals surface area (Å²) in [5.41, 5.74) is 1.92. The van der Waals surface area contributed by atoms with E-state index in [-0.39, 0.29) is 11.5 Å². The third kappa shape index (κ3) is 1.54. The highest BCUT2D eigenvalue weighted by Crippen LogP contribution is 2.40. The van der Waals surface area contributed by atoms with Gasteiger partial charge in [-0.25, -0.2) is 0 Å². The van der Waals surface area contributed by atoms with E-state index in [9.17, 15) is 9.90 Å². The topological polar surface area (TPSA) is 49.7 Å². The summed E-state index contributed by atoms with van der Waals surface area (Å²) >= 11 is 0. The van der Waals surface area contributed by atoms with Crippen LogP contribution in [0.15, 0.2) is 17.1 Å². The molecule has 0 saturated carbocycles. The number of rotatable bonds is 1. The van der Waals surface area contributed by atoms with Gasteiger partial charge in [-0.3, -0.25) is 9.79 Å². The van der Waals surface area contributed by atoms with Gasteiger partial charge in [0.2, 0.25) is 0 Å². The summed E-state index contributed by atoms with van der Waals surface area (Å²) in [5.74, 6) is 0.232. The van der Waals surface area contributed by atoms with E-state index in [1.54, 1.807) is 12.3 Å². The first-order chi connectivity index (χ1) is 7.11. The molecule has 1 aliphatic heterocycles. The summed E-state index contributed by atoms with van der Waals surface area (Å²) in [7, 11) is 0. The second-order valence-corrected chi connectivity index (χ2v) is 3.90. The molecule has 0 aliphatic carbocycles. The molecule has 1 aliphatic rings. The van der Waals surface area contributed by atoms with E-state index in [1.807, 2.05) is 6.07 Å². The molecule has 1 aromatic carbocycles. The fourth-order valence-corrected chi connectivity index (χ4v) is 1.84. The number of fused-ring (bicyclic) bond motifs is 1. The van der Waals surface area contributed by atoms with Crippen LogP contribution in [-0.4, -0.2) is 17.1 Å². The van der Waals surface area contributed by atoms with E-state index in [1.165, 1.54) is 6.92 Å². The summed E-state index contributed by atoms with van der Waals surface area (Å²) in [6.45, 7) is 3.52. The SMILES string of the molecule is CC(=O)c1ccc2c(c1O)N=CCC2C. The van der Waals surface area contributed by atoms with Crippen LogP contribution in [0.4, 0.5) is 5.69 Å². The van der Waals surface area contributed by atoms with Crippen molar-refractivity contribution in [1.29, 1.82) is 0 Å². The Balaban J connectivity index is 2.64. The molecule has 1 heterocycles. The lowest BCUT2D eigenvalue weighted by atomic mass is 9.92. The summed E-state index contributed by atoms with van der Waals surface area (Å²) in [5, 5.41) is 9.89. The Morgan fingerprint density at radius 3 is 2.93 bits per heavy atom. The van der Waals surface area contributed by atoms with Crippen molar-refractivity contribution in [3.05, 3.63) is 23.3 Å². The number of aliphatic imine (C=N–C) groups is 1. The Morgan fingerprint density at radius 1 is 1.53 bits per heavy atom. The molecule has 78 valence electrons. The fourth-order valence-electron chi connectivity index (χ4n) is 1.84. The second-order valence-electron chi connectivity index (χ2n) is 3.90. The van der Waals surface area contributed by atoms with Gasteiger partial charge in [0.15, 0.2) is 11.5 Å². The van der Waals surface area contributed by atoms with Gasteiger partial charge in [0, 0.05) is 6.21 Å². The van der Waals surface area contributed by atoms with Crippen molar-refractivity contribution in [2.45, 2.75) is 26.2 Å².